The van der Waals surface area contributed by atoms with Gasteiger partial charge in [-0.15, -0.1) is 0 Å². The molecule has 3 aromatic carbocycles. The highest BCUT2D eigenvalue weighted by molar-refractivity contribution is 5.82. The second kappa shape index (κ2) is 15.9. The quantitative estimate of drug-likeness (QED) is 0.270. The van der Waals surface area contributed by atoms with Crippen LogP contribution in [0, 0.1) is 0 Å². The van der Waals surface area contributed by atoms with Crippen molar-refractivity contribution in [1.29, 1.82) is 0 Å². The molecule has 4 rings (SSSR count). The summed E-state index contributed by atoms with van der Waals surface area (Å²) in [5.74, 6) is -0.349. The molecule has 5 atom stereocenters. The van der Waals surface area contributed by atoms with Gasteiger partial charge < -0.3 is 43.6 Å². The molecule has 0 unspecified atom stereocenters. The van der Waals surface area contributed by atoms with Crippen LogP contribution in [-0.2, 0) is 43.6 Å². The van der Waals surface area contributed by atoms with Gasteiger partial charge in [0.15, 0.2) is 6.29 Å². The van der Waals surface area contributed by atoms with E-state index in [1.165, 1.54) is 14.2 Å². The fourth-order valence-electron chi connectivity index (χ4n) is 4.68. The zero-order chi connectivity index (χ0) is 32.4. The zero-order valence-corrected chi connectivity index (χ0v) is 25.0. The summed E-state index contributed by atoms with van der Waals surface area (Å²) in [4.78, 5) is 12.0. The van der Waals surface area contributed by atoms with E-state index in [2.05, 4.69) is 0 Å². The monoisotopic (exact) mass is 635 g/mol. The molecular formula is C32H36F3NO9. The number of alkyl halides is 3. The number of benzene rings is 3. The van der Waals surface area contributed by atoms with Crippen LogP contribution in [0.4, 0.5) is 13.2 Å². The average Bonchev–Trinajstić information content (AvgIpc) is 3.04. The molecule has 244 valence electrons. The summed E-state index contributed by atoms with van der Waals surface area (Å²) in [5, 5.41) is 12.7. The van der Waals surface area contributed by atoms with Crippen LogP contribution in [0.15, 0.2) is 72.8 Å². The minimum absolute atomic E-state index is 0.00539. The standard InChI is InChI=1S/C32H36F3NO9/c1-39-23-10-4-20(5-11-23)16-42-19-26-28(43-17-21-6-12-24(40-2)13-7-21)29(44-18-22-8-14-25(41-3)15-9-22)27(30(37)45-26)36-31(38)32(33,34)35/h4-15,26-30,37H,16-19H2,1-3H3,(H,36,38)/t26-,27+,28-,29-,30+/m1/s1. The minimum Gasteiger partial charge on any atom is -0.497 e. The fraction of sp³-hybridized carbons (Fsp3) is 0.406. The smallest absolute Gasteiger partial charge is 0.471 e. The lowest BCUT2D eigenvalue weighted by molar-refractivity contribution is -0.279. The normalized spacial score (nSPS) is 21.6. The molecule has 0 bridgehead atoms. The Bertz CT molecular complexity index is 1340. The number of rotatable bonds is 14. The van der Waals surface area contributed by atoms with Crippen molar-refractivity contribution in [1.82, 2.24) is 5.32 Å². The summed E-state index contributed by atoms with van der Waals surface area (Å²) < 4.78 is 79.4. The summed E-state index contributed by atoms with van der Waals surface area (Å²) in [6, 6.07) is 19.4. The van der Waals surface area contributed by atoms with Crippen LogP contribution in [-0.4, -0.2) is 75.8 Å². The third kappa shape index (κ3) is 9.55. The summed E-state index contributed by atoms with van der Waals surface area (Å²) in [5.41, 5.74) is 2.22. The number of amides is 1. The average molecular weight is 636 g/mol. The SMILES string of the molecule is COc1ccc(COC[C@H]2O[C@H](O)[C@@H](NC(=O)C(F)(F)F)[C@@H](OCc3ccc(OC)cc3)[C@@H]2OCc2ccc(OC)cc2)cc1. The van der Waals surface area contributed by atoms with Gasteiger partial charge in [-0.3, -0.25) is 4.79 Å². The number of hydrogen-bond acceptors (Lipinski definition) is 9. The third-order valence-corrected chi connectivity index (χ3v) is 7.13. The van der Waals surface area contributed by atoms with Crippen LogP contribution in [0.2, 0.25) is 0 Å². The predicted octanol–water partition coefficient (Wildman–Crippen LogP) is 4.16. The van der Waals surface area contributed by atoms with Crippen LogP contribution in [0.3, 0.4) is 0 Å². The van der Waals surface area contributed by atoms with Gasteiger partial charge in [0.25, 0.3) is 0 Å². The van der Waals surface area contributed by atoms with Gasteiger partial charge in [-0.1, -0.05) is 36.4 Å². The lowest BCUT2D eigenvalue weighted by Crippen LogP contribution is -2.66. The number of carbonyl (C=O) groups excluding carboxylic acids is 1. The Kier molecular flexibility index (Phi) is 12.0. The van der Waals surface area contributed by atoms with E-state index in [0.29, 0.717) is 22.8 Å². The highest BCUT2D eigenvalue weighted by Gasteiger charge is 2.50. The van der Waals surface area contributed by atoms with E-state index in [-0.39, 0.29) is 26.4 Å². The molecule has 1 aliphatic heterocycles. The third-order valence-electron chi connectivity index (χ3n) is 7.13. The molecule has 10 nitrogen and oxygen atoms in total. The molecule has 0 aliphatic carbocycles. The van der Waals surface area contributed by atoms with E-state index in [1.807, 2.05) is 17.4 Å². The molecule has 0 spiro atoms. The molecule has 0 aromatic heterocycles. The second-order valence-electron chi connectivity index (χ2n) is 10.2. The number of aliphatic hydroxyl groups excluding tert-OH is 1. The highest BCUT2D eigenvalue weighted by atomic mass is 19.4. The second-order valence-corrected chi connectivity index (χ2v) is 10.2. The molecule has 1 fully saturated rings. The van der Waals surface area contributed by atoms with E-state index in [9.17, 15) is 23.1 Å². The van der Waals surface area contributed by atoms with Gasteiger partial charge >= 0.3 is 12.1 Å². The number of aliphatic hydroxyl groups is 1. The first-order valence-electron chi connectivity index (χ1n) is 14.0. The first kappa shape index (κ1) is 34.0. The Balaban J connectivity index is 1.58. The Morgan fingerprint density at radius 3 is 1.58 bits per heavy atom. The van der Waals surface area contributed by atoms with Crippen LogP contribution in [0.1, 0.15) is 16.7 Å². The molecule has 1 aliphatic rings. The van der Waals surface area contributed by atoms with Crippen molar-refractivity contribution in [2.24, 2.45) is 0 Å². The topological polar surface area (TPSA) is 114 Å². The van der Waals surface area contributed by atoms with Crippen molar-refractivity contribution in [3.8, 4) is 17.2 Å². The van der Waals surface area contributed by atoms with Crippen molar-refractivity contribution in [3.63, 3.8) is 0 Å². The number of halogens is 3. The Labute approximate surface area is 258 Å². The molecule has 0 saturated carbocycles. The summed E-state index contributed by atoms with van der Waals surface area (Å²) >= 11 is 0. The van der Waals surface area contributed by atoms with Crippen LogP contribution in [0.25, 0.3) is 0 Å². The Morgan fingerprint density at radius 1 is 0.733 bits per heavy atom. The maximum Gasteiger partial charge on any atom is 0.471 e. The molecule has 2 N–H and O–H groups in total. The lowest BCUT2D eigenvalue weighted by atomic mass is 9.96. The molecular weight excluding hydrogens is 599 g/mol. The van der Waals surface area contributed by atoms with Crippen molar-refractivity contribution < 1.29 is 56.2 Å². The maximum atomic E-state index is 13.3. The maximum absolute atomic E-state index is 13.3. The Morgan fingerprint density at radius 2 is 1.16 bits per heavy atom. The summed E-state index contributed by atoms with van der Waals surface area (Å²) in [6.07, 6.45) is -10.4. The molecule has 1 amide bonds. The summed E-state index contributed by atoms with van der Waals surface area (Å²) in [7, 11) is 4.61. The number of methoxy groups -OCH3 is 3. The van der Waals surface area contributed by atoms with Gasteiger partial charge in [-0.2, -0.15) is 13.2 Å². The molecule has 1 heterocycles. The molecule has 3 aromatic rings. The van der Waals surface area contributed by atoms with E-state index in [1.54, 1.807) is 67.8 Å². The first-order chi connectivity index (χ1) is 21.6. The van der Waals surface area contributed by atoms with Crippen LogP contribution >= 0.6 is 0 Å². The number of ether oxygens (including phenoxy) is 7. The van der Waals surface area contributed by atoms with Crippen molar-refractivity contribution >= 4 is 5.91 Å². The van der Waals surface area contributed by atoms with Crippen molar-refractivity contribution in [2.75, 3.05) is 27.9 Å². The van der Waals surface area contributed by atoms with Crippen LogP contribution in [0.5, 0.6) is 17.2 Å². The Hall–Kier alpha value is -3.88. The number of carbonyl (C=O) groups is 1. The van der Waals surface area contributed by atoms with Gasteiger partial charge in [0, 0.05) is 0 Å². The molecule has 0 radical (unpaired) electrons. The van der Waals surface area contributed by atoms with Crippen molar-refractivity contribution in [2.45, 2.75) is 56.6 Å². The molecule has 45 heavy (non-hydrogen) atoms. The van der Waals surface area contributed by atoms with Gasteiger partial charge in [-0.05, 0) is 53.1 Å². The van der Waals surface area contributed by atoms with E-state index >= 15 is 0 Å². The molecule has 1 saturated heterocycles. The minimum atomic E-state index is -5.21. The predicted molar refractivity (Wildman–Crippen MR) is 155 cm³/mol. The highest BCUT2D eigenvalue weighted by Crippen LogP contribution is 2.29. The van der Waals surface area contributed by atoms with E-state index in [0.717, 1.165) is 11.1 Å². The fourth-order valence-corrected chi connectivity index (χ4v) is 4.68. The van der Waals surface area contributed by atoms with Crippen LogP contribution < -0.4 is 19.5 Å². The molecule has 13 heteroatoms. The largest absolute Gasteiger partial charge is 0.497 e. The summed E-state index contributed by atoms with van der Waals surface area (Å²) in [6.45, 7) is -0.0253. The van der Waals surface area contributed by atoms with Gasteiger partial charge in [-0.25, -0.2) is 0 Å². The van der Waals surface area contributed by atoms with E-state index in [4.69, 9.17) is 33.2 Å². The van der Waals surface area contributed by atoms with Gasteiger partial charge in [0.05, 0.1) is 47.8 Å². The van der Waals surface area contributed by atoms with E-state index < -0.39 is 42.7 Å². The number of nitrogens with one attached hydrogen (secondary N) is 1. The zero-order valence-electron chi connectivity index (χ0n) is 25.0. The van der Waals surface area contributed by atoms with Gasteiger partial charge in [0.1, 0.15) is 41.6 Å². The lowest BCUT2D eigenvalue weighted by Gasteiger charge is -2.45. The number of hydrogen-bond donors (Lipinski definition) is 2. The first-order valence-corrected chi connectivity index (χ1v) is 14.0. The van der Waals surface area contributed by atoms with Gasteiger partial charge in [0.2, 0.25) is 0 Å². The van der Waals surface area contributed by atoms with Crippen molar-refractivity contribution in [3.05, 3.63) is 89.5 Å².